The predicted molar refractivity (Wildman–Crippen MR) is 145 cm³/mol. The standard InChI is InChI=1S/C29H36N4O5/c1-37-24-9-6-22(7-10-24)28(35)32-14-12-31(13-15-32)26-11-8-23(30-27(34)21-4-2-3-5-21)20-25(26)29(36)33-16-18-38-19-17-33/h6-11,20-21H,2-5,12-19H2,1H3,(H,30,34). The third kappa shape index (κ3) is 5.78. The third-order valence-electron chi connectivity index (χ3n) is 7.76. The van der Waals surface area contributed by atoms with Crippen LogP contribution < -0.4 is 15.0 Å². The Morgan fingerprint density at radius 2 is 1.50 bits per heavy atom. The Bertz CT molecular complexity index is 1150. The molecule has 0 bridgehead atoms. The molecule has 0 atom stereocenters. The number of carbonyl (C=O) groups excluding carboxylic acids is 3. The summed E-state index contributed by atoms with van der Waals surface area (Å²) in [5.74, 6) is 0.723. The molecule has 3 fully saturated rings. The number of ether oxygens (including phenoxy) is 2. The molecule has 2 aromatic carbocycles. The van der Waals surface area contributed by atoms with E-state index in [2.05, 4.69) is 10.2 Å². The molecule has 0 radical (unpaired) electrons. The number of carbonyl (C=O) groups is 3. The molecule has 5 rings (SSSR count). The summed E-state index contributed by atoms with van der Waals surface area (Å²) in [6.45, 7) is 4.45. The number of hydrogen-bond donors (Lipinski definition) is 1. The van der Waals surface area contributed by atoms with Crippen LogP contribution in [-0.2, 0) is 9.53 Å². The van der Waals surface area contributed by atoms with Crippen LogP contribution in [0.3, 0.4) is 0 Å². The number of methoxy groups -OCH3 is 1. The molecule has 2 aliphatic heterocycles. The molecule has 0 unspecified atom stereocenters. The highest BCUT2D eigenvalue weighted by Crippen LogP contribution is 2.30. The summed E-state index contributed by atoms with van der Waals surface area (Å²) in [7, 11) is 1.60. The lowest BCUT2D eigenvalue weighted by molar-refractivity contribution is -0.119. The maximum atomic E-state index is 13.6. The van der Waals surface area contributed by atoms with Crippen LogP contribution >= 0.6 is 0 Å². The van der Waals surface area contributed by atoms with Crippen LogP contribution in [0.15, 0.2) is 42.5 Å². The smallest absolute Gasteiger partial charge is 0.256 e. The topological polar surface area (TPSA) is 91.4 Å². The second-order valence-corrected chi connectivity index (χ2v) is 10.1. The molecule has 1 N–H and O–H groups in total. The summed E-state index contributed by atoms with van der Waals surface area (Å²) in [5.41, 5.74) is 2.68. The highest BCUT2D eigenvalue weighted by atomic mass is 16.5. The molecule has 1 aliphatic carbocycles. The summed E-state index contributed by atoms with van der Waals surface area (Å²) < 4.78 is 10.6. The van der Waals surface area contributed by atoms with E-state index < -0.39 is 0 Å². The van der Waals surface area contributed by atoms with Gasteiger partial charge in [0, 0.05) is 62.1 Å². The van der Waals surface area contributed by atoms with Gasteiger partial charge >= 0.3 is 0 Å². The van der Waals surface area contributed by atoms with Gasteiger partial charge in [0.2, 0.25) is 5.91 Å². The average Bonchev–Trinajstić information content (AvgIpc) is 3.53. The molecule has 202 valence electrons. The van der Waals surface area contributed by atoms with Crippen molar-refractivity contribution in [2.45, 2.75) is 25.7 Å². The maximum absolute atomic E-state index is 13.6. The van der Waals surface area contributed by atoms with Crippen molar-refractivity contribution >= 4 is 29.1 Å². The monoisotopic (exact) mass is 520 g/mol. The van der Waals surface area contributed by atoms with Gasteiger partial charge in [-0.05, 0) is 55.3 Å². The van der Waals surface area contributed by atoms with Crippen molar-refractivity contribution in [3.8, 4) is 5.75 Å². The lowest BCUT2D eigenvalue weighted by atomic mass is 10.1. The fraction of sp³-hybridized carbons (Fsp3) is 0.483. The summed E-state index contributed by atoms with van der Waals surface area (Å²) >= 11 is 0. The van der Waals surface area contributed by atoms with Gasteiger partial charge in [0.05, 0.1) is 25.9 Å². The normalized spacial score (nSPS) is 18.4. The van der Waals surface area contributed by atoms with Crippen LogP contribution in [0.4, 0.5) is 11.4 Å². The summed E-state index contributed by atoms with van der Waals surface area (Å²) in [6.07, 6.45) is 4.02. The van der Waals surface area contributed by atoms with Crippen molar-refractivity contribution in [1.82, 2.24) is 9.80 Å². The number of hydrogen-bond acceptors (Lipinski definition) is 6. The number of rotatable bonds is 6. The Kier molecular flexibility index (Phi) is 8.12. The first-order chi connectivity index (χ1) is 18.5. The molecule has 0 aromatic heterocycles. The first-order valence-electron chi connectivity index (χ1n) is 13.5. The Labute approximate surface area is 223 Å². The van der Waals surface area contributed by atoms with Crippen molar-refractivity contribution in [2.75, 3.05) is 69.8 Å². The molecule has 9 nitrogen and oxygen atoms in total. The van der Waals surface area contributed by atoms with E-state index in [9.17, 15) is 14.4 Å². The van der Waals surface area contributed by atoms with Crippen molar-refractivity contribution in [3.05, 3.63) is 53.6 Å². The minimum atomic E-state index is -0.0583. The largest absolute Gasteiger partial charge is 0.497 e. The summed E-state index contributed by atoms with van der Waals surface area (Å²) in [6, 6.07) is 12.8. The zero-order valence-electron chi connectivity index (χ0n) is 22.0. The van der Waals surface area contributed by atoms with Gasteiger partial charge in [0.1, 0.15) is 5.75 Å². The lowest BCUT2D eigenvalue weighted by Crippen LogP contribution is -2.49. The quantitative estimate of drug-likeness (QED) is 0.629. The van der Waals surface area contributed by atoms with E-state index in [1.54, 1.807) is 31.4 Å². The average molecular weight is 521 g/mol. The molecule has 0 spiro atoms. The molecule has 3 amide bonds. The summed E-state index contributed by atoms with van der Waals surface area (Å²) in [4.78, 5) is 45.2. The van der Waals surface area contributed by atoms with E-state index in [-0.39, 0.29) is 23.6 Å². The minimum absolute atomic E-state index is 0.0121. The predicted octanol–water partition coefficient (Wildman–Crippen LogP) is 3.26. The van der Waals surface area contributed by atoms with Gasteiger partial charge in [-0.25, -0.2) is 0 Å². The molecule has 2 aromatic rings. The zero-order valence-corrected chi connectivity index (χ0v) is 22.0. The number of anilines is 2. The van der Waals surface area contributed by atoms with E-state index in [1.165, 1.54) is 0 Å². The number of nitrogens with one attached hydrogen (secondary N) is 1. The van der Waals surface area contributed by atoms with E-state index in [0.717, 1.165) is 31.4 Å². The van der Waals surface area contributed by atoms with Crippen LogP contribution in [-0.4, -0.2) is 87.1 Å². The van der Waals surface area contributed by atoms with Crippen molar-refractivity contribution in [1.29, 1.82) is 0 Å². The van der Waals surface area contributed by atoms with Gasteiger partial charge in [0.15, 0.2) is 0 Å². The second kappa shape index (κ2) is 11.9. The molecule has 38 heavy (non-hydrogen) atoms. The number of piperazine rings is 1. The Morgan fingerprint density at radius 3 is 2.16 bits per heavy atom. The van der Waals surface area contributed by atoms with Gasteiger partial charge in [-0.15, -0.1) is 0 Å². The third-order valence-corrected chi connectivity index (χ3v) is 7.76. The van der Waals surface area contributed by atoms with E-state index in [1.807, 2.05) is 28.0 Å². The number of nitrogens with zero attached hydrogens (tertiary/aromatic N) is 3. The first-order valence-corrected chi connectivity index (χ1v) is 13.5. The Balaban J connectivity index is 1.31. The first kappa shape index (κ1) is 26.0. The second-order valence-electron chi connectivity index (χ2n) is 10.1. The Morgan fingerprint density at radius 1 is 0.842 bits per heavy atom. The van der Waals surface area contributed by atoms with Crippen molar-refractivity contribution in [2.24, 2.45) is 5.92 Å². The molecule has 1 saturated carbocycles. The van der Waals surface area contributed by atoms with Crippen LogP contribution in [0.2, 0.25) is 0 Å². The number of benzene rings is 2. The van der Waals surface area contributed by atoms with Gasteiger partial charge < -0.3 is 29.5 Å². The molecular weight excluding hydrogens is 484 g/mol. The van der Waals surface area contributed by atoms with Crippen LogP contribution in [0.5, 0.6) is 5.75 Å². The SMILES string of the molecule is COc1ccc(C(=O)N2CCN(c3ccc(NC(=O)C4CCCC4)cc3C(=O)N3CCOCC3)CC2)cc1. The van der Waals surface area contributed by atoms with Gasteiger partial charge in [-0.3, -0.25) is 14.4 Å². The van der Waals surface area contributed by atoms with E-state index in [0.29, 0.717) is 75.0 Å². The van der Waals surface area contributed by atoms with Crippen LogP contribution in [0.25, 0.3) is 0 Å². The van der Waals surface area contributed by atoms with Crippen LogP contribution in [0, 0.1) is 5.92 Å². The zero-order chi connectivity index (χ0) is 26.5. The minimum Gasteiger partial charge on any atom is -0.497 e. The number of morpholine rings is 1. The molecule has 3 aliphatic rings. The van der Waals surface area contributed by atoms with Gasteiger partial charge in [-0.1, -0.05) is 12.8 Å². The van der Waals surface area contributed by atoms with Crippen molar-refractivity contribution < 1.29 is 23.9 Å². The maximum Gasteiger partial charge on any atom is 0.256 e. The lowest BCUT2D eigenvalue weighted by Gasteiger charge is -2.37. The molecule has 2 saturated heterocycles. The van der Waals surface area contributed by atoms with Crippen molar-refractivity contribution in [3.63, 3.8) is 0 Å². The fourth-order valence-electron chi connectivity index (χ4n) is 5.50. The molecule has 2 heterocycles. The molecule has 9 heteroatoms. The fourth-order valence-corrected chi connectivity index (χ4v) is 5.50. The van der Waals surface area contributed by atoms with E-state index in [4.69, 9.17) is 9.47 Å². The van der Waals surface area contributed by atoms with Gasteiger partial charge in [-0.2, -0.15) is 0 Å². The summed E-state index contributed by atoms with van der Waals surface area (Å²) in [5, 5.41) is 3.05. The Hall–Kier alpha value is -3.59. The highest BCUT2D eigenvalue weighted by Gasteiger charge is 2.28. The van der Waals surface area contributed by atoms with E-state index >= 15 is 0 Å². The van der Waals surface area contributed by atoms with Gasteiger partial charge in [0.25, 0.3) is 11.8 Å². The molecular formula is C29H36N4O5. The highest BCUT2D eigenvalue weighted by molar-refractivity contribution is 6.02. The van der Waals surface area contributed by atoms with Crippen LogP contribution in [0.1, 0.15) is 46.4 Å². The number of amides is 3.